The van der Waals surface area contributed by atoms with E-state index in [-0.39, 0.29) is 11.1 Å². The van der Waals surface area contributed by atoms with Crippen molar-refractivity contribution in [3.8, 4) is 0 Å². The quantitative estimate of drug-likeness (QED) is 0.779. The number of hydrogen-bond acceptors (Lipinski definition) is 3. The van der Waals surface area contributed by atoms with Crippen molar-refractivity contribution in [1.29, 1.82) is 0 Å². The largest absolute Gasteiger partial charge is 0.477 e. The second-order valence-electron chi connectivity index (χ2n) is 6.64. The summed E-state index contributed by atoms with van der Waals surface area (Å²) in [5.74, 6) is 0.925. The molecule has 0 radical (unpaired) electrons. The number of hydrogen-bond donors (Lipinski definition) is 0. The Hall–Kier alpha value is -1.35. The Morgan fingerprint density at radius 2 is 1.95 bits per heavy atom. The molecule has 0 spiro atoms. The Balaban J connectivity index is 1.76. The summed E-state index contributed by atoms with van der Waals surface area (Å²) < 4.78 is 5.76. The first-order chi connectivity index (χ1) is 8.90. The molecule has 2 heterocycles. The van der Waals surface area contributed by atoms with Crippen LogP contribution in [-0.2, 0) is 10.3 Å². The van der Waals surface area contributed by atoms with E-state index in [1.54, 1.807) is 0 Å². The molecule has 2 aliphatic rings. The summed E-state index contributed by atoms with van der Waals surface area (Å²) >= 11 is 0. The van der Waals surface area contributed by atoms with E-state index in [1.165, 1.54) is 5.56 Å². The molecule has 1 fully saturated rings. The molecule has 0 amide bonds. The summed E-state index contributed by atoms with van der Waals surface area (Å²) in [6.07, 6.45) is 0. The average molecular weight is 258 g/mol. The summed E-state index contributed by atoms with van der Waals surface area (Å²) in [5.41, 5.74) is 1.32. The molecular formula is C16H22N2O. The maximum atomic E-state index is 5.76. The molecule has 2 aliphatic heterocycles. The van der Waals surface area contributed by atoms with Gasteiger partial charge in [0.15, 0.2) is 0 Å². The van der Waals surface area contributed by atoms with E-state index >= 15 is 0 Å². The fourth-order valence-corrected chi connectivity index (χ4v) is 2.76. The summed E-state index contributed by atoms with van der Waals surface area (Å²) in [5, 5.41) is 0. The third-order valence-corrected chi connectivity index (χ3v) is 4.08. The zero-order valence-electron chi connectivity index (χ0n) is 12.2. The van der Waals surface area contributed by atoms with Gasteiger partial charge in [-0.3, -0.25) is 4.90 Å². The van der Waals surface area contributed by atoms with Gasteiger partial charge in [0.25, 0.3) is 0 Å². The fourth-order valence-electron chi connectivity index (χ4n) is 2.76. The smallest absolute Gasteiger partial charge is 0.203 e. The fraction of sp³-hybridized carbons (Fsp3) is 0.562. The monoisotopic (exact) mass is 258 g/mol. The van der Waals surface area contributed by atoms with E-state index < -0.39 is 0 Å². The summed E-state index contributed by atoms with van der Waals surface area (Å²) in [6.45, 7) is 10.5. The Morgan fingerprint density at radius 1 is 1.26 bits per heavy atom. The summed E-state index contributed by atoms with van der Waals surface area (Å²) in [6, 6.07) is 11.0. The number of aliphatic imine (C=N–C) groups is 1. The highest BCUT2D eigenvalue weighted by Crippen LogP contribution is 2.39. The number of rotatable bonds is 3. The zero-order chi connectivity index (χ0) is 13.7. The lowest BCUT2D eigenvalue weighted by molar-refractivity contribution is 0.248. The minimum absolute atomic E-state index is 0.0323. The lowest BCUT2D eigenvalue weighted by Gasteiger charge is -2.28. The van der Waals surface area contributed by atoms with Crippen molar-refractivity contribution in [3.63, 3.8) is 0 Å². The molecule has 19 heavy (non-hydrogen) atoms. The van der Waals surface area contributed by atoms with E-state index in [2.05, 4.69) is 62.9 Å². The number of ether oxygens (including phenoxy) is 1. The molecule has 1 unspecified atom stereocenters. The van der Waals surface area contributed by atoms with Crippen LogP contribution in [0.1, 0.15) is 33.3 Å². The van der Waals surface area contributed by atoms with Gasteiger partial charge < -0.3 is 4.74 Å². The van der Waals surface area contributed by atoms with Gasteiger partial charge in [0.1, 0.15) is 6.61 Å². The third-order valence-electron chi connectivity index (χ3n) is 4.08. The Bertz CT molecular complexity index is 505. The van der Waals surface area contributed by atoms with Gasteiger partial charge in [-0.2, -0.15) is 0 Å². The Kier molecular flexibility index (Phi) is 2.72. The second-order valence-corrected chi connectivity index (χ2v) is 6.64. The topological polar surface area (TPSA) is 24.6 Å². The molecule has 3 rings (SSSR count). The average Bonchev–Trinajstić information content (AvgIpc) is 3.10. The van der Waals surface area contributed by atoms with Gasteiger partial charge >= 0.3 is 0 Å². The Morgan fingerprint density at radius 3 is 2.53 bits per heavy atom. The van der Waals surface area contributed by atoms with Crippen LogP contribution in [0.3, 0.4) is 0 Å². The summed E-state index contributed by atoms with van der Waals surface area (Å²) in [4.78, 5) is 7.14. The molecule has 0 saturated carbocycles. The van der Waals surface area contributed by atoms with Crippen LogP contribution in [-0.4, -0.2) is 35.5 Å². The number of benzene rings is 1. The van der Waals surface area contributed by atoms with Gasteiger partial charge in [-0.1, -0.05) is 30.3 Å². The first-order valence-corrected chi connectivity index (χ1v) is 6.95. The second kappa shape index (κ2) is 4.07. The molecule has 2 atom stereocenters. The van der Waals surface area contributed by atoms with Crippen molar-refractivity contribution in [1.82, 2.24) is 4.90 Å². The Labute approximate surface area is 115 Å². The molecule has 0 aromatic heterocycles. The van der Waals surface area contributed by atoms with Crippen LogP contribution in [0.2, 0.25) is 0 Å². The summed E-state index contributed by atoms with van der Waals surface area (Å²) in [7, 11) is 0. The van der Waals surface area contributed by atoms with E-state index in [0.717, 1.165) is 12.4 Å². The first kappa shape index (κ1) is 12.7. The van der Waals surface area contributed by atoms with E-state index in [9.17, 15) is 0 Å². The molecule has 102 valence electrons. The molecule has 1 aromatic rings. The zero-order valence-corrected chi connectivity index (χ0v) is 12.2. The molecular weight excluding hydrogens is 236 g/mol. The van der Waals surface area contributed by atoms with Crippen LogP contribution < -0.4 is 0 Å². The SMILES string of the molecule is CC1(C)COC([C@@H]2CN2C(C)(C)c2ccccc2)=N1. The van der Waals surface area contributed by atoms with Crippen molar-refractivity contribution in [2.24, 2.45) is 4.99 Å². The van der Waals surface area contributed by atoms with Crippen LogP contribution in [0.4, 0.5) is 0 Å². The van der Waals surface area contributed by atoms with Crippen LogP contribution >= 0.6 is 0 Å². The van der Waals surface area contributed by atoms with Gasteiger partial charge in [0, 0.05) is 12.1 Å². The van der Waals surface area contributed by atoms with Crippen molar-refractivity contribution in [3.05, 3.63) is 35.9 Å². The molecule has 0 bridgehead atoms. The third kappa shape index (κ3) is 2.27. The van der Waals surface area contributed by atoms with E-state index in [1.807, 2.05) is 0 Å². The van der Waals surface area contributed by atoms with Crippen LogP contribution in [0.5, 0.6) is 0 Å². The van der Waals surface area contributed by atoms with Crippen molar-refractivity contribution < 1.29 is 4.74 Å². The lowest BCUT2D eigenvalue weighted by Crippen LogP contribution is -2.31. The van der Waals surface area contributed by atoms with Gasteiger partial charge in [0.2, 0.25) is 5.90 Å². The highest BCUT2D eigenvalue weighted by atomic mass is 16.5. The predicted octanol–water partition coefficient (Wildman–Crippen LogP) is 2.81. The van der Waals surface area contributed by atoms with E-state index in [4.69, 9.17) is 9.73 Å². The van der Waals surface area contributed by atoms with Gasteiger partial charge in [-0.25, -0.2) is 4.99 Å². The maximum absolute atomic E-state index is 5.76. The molecule has 0 N–H and O–H groups in total. The van der Waals surface area contributed by atoms with Gasteiger partial charge in [0.05, 0.1) is 11.6 Å². The van der Waals surface area contributed by atoms with Crippen LogP contribution in [0, 0.1) is 0 Å². The molecule has 1 saturated heterocycles. The predicted molar refractivity (Wildman–Crippen MR) is 77.4 cm³/mol. The number of nitrogens with zero attached hydrogens (tertiary/aromatic N) is 2. The van der Waals surface area contributed by atoms with Gasteiger partial charge in [-0.05, 0) is 33.3 Å². The minimum atomic E-state index is -0.0551. The molecule has 3 heteroatoms. The lowest BCUT2D eigenvalue weighted by atomic mass is 9.94. The normalized spacial score (nSPS) is 28.7. The minimum Gasteiger partial charge on any atom is -0.477 e. The molecule has 0 aliphatic carbocycles. The standard InChI is InChI=1S/C16H22N2O/c1-15(2)11-19-14(17-15)13-10-18(13)16(3,4)12-8-6-5-7-9-12/h5-9,13H,10-11H2,1-4H3/t13-,18?/m0/s1. The molecule has 1 aromatic carbocycles. The first-order valence-electron chi connectivity index (χ1n) is 6.95. The van der Waals surface area contributed by atoms with Crippen LogP contribution in [0.15, 0.2) is 35.3 Å². The van der Waals surface area contributed by atoms with Gasteiger partial charge in [-0.15, -0.1) is 0 Å². The van der Waals surface area contributed by atoms with E-state index in [0.29, 0.717) is 12.6 Å². The molecule has 3 nitrogen and oxygen atoms in total. The van der Waals surface area contributed by atoms with Crippen molar-refractivity contribution in [2.75, 3.05) is 13.2 Å². The van der Waals surface area contributed by atoms with Crippen LogP contribution in [0.25, 0.3) is 0 Å². The highest BCUT2D eigenvalue weighted by molar-refractivity contribution is 5.86. The van der Waals surface area contributed by atoms with Crippen molar-refractivity contribution >= 4 is 5.90 Å². The maximum Gasteiger partial charge on any atom is 0.203 e. The van der Waals surface area contributed by atoms with Crippen molar-refractivity contribution in [2.45, 2.75) is 44.8 Å². The highest BCUT2D eigenvalue weighted by Gasteiger charge is 2.50.